The standard InChI is InChI=1S/C24H38N6.HI/c1-5-25-24(27-16-23-26-12-15-30(23)17-19(2)3)28-22-10-13-29(14-11-22)18-21-9-7-6-8-20(21)4;/h6-9,12,15,19,22H,5,10-11,13-14,16-18H2,1-4H3,(H2,25,27,28);1H. The second kappa shape index (κ2) is 13.1. The molecule has 2 aromatic rings. The number of imidazole rings is 1. The Morgan fingerprint density at radius 3 is 2.65 bits per heavy atom. The Morgan fingerprint density at radius 1 is 1.23 bits per heavy atom. The first-order chi connectivity index (χ1) is 14.5. The minimum absolute atomic E-state index is 0. The van der Waals surface area contributed by atoms with Gasteiger partial charge in [-0.1, -0.05) is 38.1 Å². The molecule has 0 aliphatic carbocycles. The van der Waals surface area contributed by atoms with E-state index in [1.54, 1.807) is 0 Å². The molecule has 1 aliphatic rings. The lowest BCUT2D eigenvalue weighted by atomic mass is 10.0. The highest BCUT2D eigenvalue weighted by Gasteiger charge is 2.20. The third-order valence-corrected chi connectivity index (χ3v) is 5.67. The van der Waals surface area contributed by atoms with Crippen LogP contribution in [0.25, 0.3) is 0 Å². The van der Waals surface area contributed by atoms with E-state index < -0.39 is 0 Å². The van der Waals surface area contributed by atoms with Crippen molar-refractivity contribution in [2.75, 3.05) is 19.6 Å². The first-order valence-corrected chi connectivity index (χ1v) is 11.4. The summed E-state index contributed by atoms with van der Waals surface area (Å²) >= 11 is 0. The molecule has 172 valence electrons. The highest BCUT2D eigenvalue weighted by atomic mass is 127. The molecule has 2 N–H and O–H groups in total. The van der Waals surface area contributed by atoms with Gasteiger partial charge < -0.3 is 15.2 Å². The molecule has 0 amide bonds. The van der Waals surface area contributed by atoms with Crippen molar-refractivity contribution in [3.05, 3.63) is 53.6 Å². The first-order valence-electron chi connectivity index (χ1n) is 11.4. The summed E-state index contributed by atoms with van der Waals surface area (Å²) in [4.78, 5) is 11.9. The van der Waals surface area contributed by atoms with Crippen molar-refractivity contribution < 1.29 is 0 Å². The van der Waals surface area contributed by atoms with Gasteiger partial charge in [-0.15, -0.1) is 24.0 Å². The summed E-state index contributed by atoms with van der Waals surface area (Å²) in [6.45, 7) is 14.5. The van der Waals surface area contributed by atoms with Crippen LogP contribution in [-0.4, -0.2) is 46.1 Å². The first kappa shape index (κ1) is 25.6. The van der Waals surface area contributed by atoms with Crippen LogP contribution < -0.4 is 10.6 Å². The molecule has 1 aromatic heterocycles. The summed E-state index contributed by atoms with van der Waals surface area (Å²) < 4.78 is 2.21. The maximum absolute atomic E-state index is 4.81. The van der Waals surface area contributed by atoms with E-state index in [1.807, 2.05) is 6.20 Å². The average Bonchev–Trinajstić information content (AvgIpc) is 3.16. The highest BCUT2D eigenvalue weighted by molar-refractivity contribution is 14.0. The molecule has 31 heavy (non-hydrogen) atoms. The number of hydrogen-bond donors (Lipinski definition) is 2. The second-order valence-electron chi connectivity index (χ2n) is 8.71. The third kappa shape index (κ3) is 8.11. The smallest absolute Gasteiger partial charge is 0.191 e. The van der Waals surface area contributed by atoms with Gasteiger partial charge in [0.2, 0.25) is 0 Å². The van der Waals surface area contributed by atoms with Crippen LogP contribution in [0.3, 0.4) is 0 Å². The zero-order chi connectivity index (χ0) is 21.3. The van der Waals surface area contributed by atoms with Gasteiger partial charge in [0, 0.05) is 51.2 Å². The Labute approximate surface area is 204 Å². The van der Waals surface area contributed by atoms with Crippen molar-refractivity contribution in [2.45, 2.75) is 66.2 Å². The average molecular weight is 539 g/mol. The summed E-state index contributed by atoms with van der Waals surface area (Å²) in [5.41, 5.74) is 2.82. The van der Waals surface area contributed by atoms with Crippen LogP contribution in [0.5, 0.6) is 0 Å². The highest BCUT2D eigenvalue weighted by Crippen LogP contribution is 2.16. The molecule has 1 saturated heterocycles. The van der Waals surface area contributed by atoms with E-state index >= 15 is 0 Å². The summed E-state index contributed by atoms with van der Waals surface area (Å²) in [7, 11) is 0. The van der Waals surface area contributed by atoms with Crippen LogP contribution in [0.15, 0.2) is 41.7 Å². The van der Waals surface area contributed by atoms with Crippen LogP contribution in [0, 0.1) is 12.8 Å². The SMILES string of the molecule is CCNC(=NCc1nccn1CC(C)C)NC1CCN(Cc2ccccc2C)CC1.I. The fraction of sp³-hybridized carbons (Fsp3) is 0.583. The molecule has 7 heteroatoms. The number of aliphatic imine (C=N–C) groups is 1. The molecule has 0 spiro atoms. The number of aromatic nitrogens is 2. The second-order valence-corrected chi connectivity index (χ2v) is 8.71. The monoisotopic (exact) mass is 538 g/mol. The number of benzene rings is 1. The van der Waals surface area contributed by atoms with Gasteiger partial charge in [-0.05, 0) is 43.7 Å². The number of piperidine rings is 1. The van der Waals surface area contributed by atoms with Gasteiger partial charge >= 0.3 is 0 Å². The van der Waals surface area contributed by atoms with Crippen molar-refractivity contribution in [1.82, 2.24) is 25.1 Å². The van der Waals surface area contributed by atoms with Crippen molar-refractivity contribution in [1.29, 1.82) is 0 Å². The summed E-state index contributed by atoms with van der Waals surface area (Å²) in [5, 5.41) is 7.05. The Morgan fingerprint density at radius 2 is 1.97 bits per heavy atom. The molecule has 0 unspecified atom stereocenters. The van der Waals surface area contributed by atoms with E-state index in [4.69, 9.17) is 4.99 Å². The molecule has 1 aliphatic heterocycles. The van der Waals surface area contributed by atoms with Crippen molar-refractivity contribution in [3.63, 3.8) is 0 Å². The molecule has 1 aromatic carbocycles. The van der Waals surface area contributed by atoms with E-state index in [0.29, 0.717) is 18.5 Å². The predicted molar refractivity (Wildman–Crippen MR) is 140 cm³/mol. The molecule has 0 radical (unpaired) electrons. The van der Waals surface area contributed by atoms with Gasteiger partial charge in [0.25, 0.3) is 0 Å². The van der Waals surface area contributed by atoms with Gasteiger partial charge in [-0.3, -0.25) is 4.90 Å². The van der Waals surface area contributed by atoms with Crippen molar-refractivity contribution in [3.8, 4) is 0 Å². The largest absolute Gasteiger partial charge is 0.357 e. The van der Waals surface area contributed by atoms with E-state index in [-0.39, 0.29) is 24.0 Å². The molecule has 2 heterocycles. The number of guanidine groups is 1. The lowest BCUT2D eigenvalue weighted by Gasteiger charge is -2.33. The van der Waals surface area contributed by atoms with Gasteiger partial charge in [0.15, 0.2) is 5.96 Å². The molecule has 0 saturated carbocycles. The summed E-state index contributed by atoms with van der Waals surface area (Å²) in [5.74, 6) is 2.51. The number of likely N-dealkylation sites (tertiary alicyclic amines) is 1. The molecule has 0 bridgehead atoms. The van der Waals surface area contributed by atoms with E-state index in [9.17, 15) is 0 Å². The zero-order valence-electron chi connectivity index (χ0n) is 19.5. The molecule has 1 fully saturated rings. The quantitative estimate of drug-likeness (QED) is 0.301. The van der Waals surface area contributed by atoms with Crippen LogP contribution in [0.2, 0.25) is 0 Å². The number of rotatable bonds is 8. The van der Waals surface area contributed by atoms with Gasteiger partial charge in [-0.2, -0.15) is 0 Å². The Bertz CT molecular complexity index is 808. The van der Waals surface area contributed by atoms with Crippen LogP contribution in [-0.2, 0) is 19.6 Å². The van der Waals surface area contributed by atoms with Gasteiger partial charge in [-0.25, -0.2) is 9.98 Å². The molecular formula is C24H39IN6. The van der Waals surface area contributed by atoms with Crippen molar-refractivity contribution >= 4 is 29.9 Å². The number of hydrogen-bond acceptors (Lipinski definition) is 3. The fourth-order valence-corrected chi connectivity index (χ4v) is 3.98. The maximum Gasteiger partial charge on any atom is 0.191 e. The minimum atomic E-state index is 0. The Hall–Kier alpha value is -1.61. The number of aryl methyl sites for hydroxylation is 1. The Balaban J connectivity index is 0.00000341. The third-order valence-electron chi connectivity index (χ3n) is 5.67. The minimum Gasteiger partial charge on any atom is -0.357 e. The van der Waals surface area contributed by atoms with E-state index in [1.165, 1.54) is 11.1 Å². The predicted octanol–water partition coefficient (Wildman–Crippen LogP) is 4.19. The number of nitrogens with one attached hydrogen (secondary N) is 2. The van der Waals surface area contributed by atoms with Gasteiger partial charge in [0.05, 0.1) is 0 Å². The lowest BCUT2D eigenvalue weighted by Crippen LogP contribution is -2.48. The van der Waals surface area contributed by atoms with Crippen LogP contribution >= 0.6 is 24.0 Å². The number of halogens is 1. The fourth-order valence-electron chi connectivity index (χ4n) is 3.98. The Kier molecular flexibility index (Phi) is 10.8. The van der Waals surface area contributed by atoms with Crippen molar-refractivity contribution in [2.24, 2.45) is 10.9 Å². The van der Waals surface area contributed by atoms with Crippen LogP contribution in [0.1, 0.15) is 50.6 Å². The summed E-state index contributed by atoms with van der Waals surface area (Å²) in [6.07, 6.45) is 6.20. The molecule has 0 atom stereocenters. The van der Waals surface area contributed by atoms with E-state index in [2.05, 4.69) is 83.2 Å². The van der Waals surface area contributed by atoms with Crippen LogP contribution in [0.4, 0.5) is 0 Å². The lowest BCUT2D eigenvalue weighted by molar-refractivity contribution is 0.198. The number of nitrogens with zero attached hydrogens (tertiary/aromatic N) is 4. The van der Waals surface area contributed by atoms with Gasteiger partial charge in [0.1, 0.15) is 12.4 Å². The normalized spacial score (nSPS) is 15.7. The molecule has 6 nitrogen and oxygen atoms in total. The maximum atomic E-state index is 4.81. The molecule has 3 rings (SSSR count). The zero-order valence-corrected chi connectivity index (χ0v) is 21.8. The van der Waals surface area contributed by atoms with E-state index in [0.717, 1.165) is 57.3 Å². The molecular weight excluding hydrogens is 499 g/mol. The summed E-state index contributed by atoms with van der Waals surface area (Å²) in [6, 6.07) is 9.17. The topological polar surface area (TPSA) is 57.5 Å².